The maximum Gasteiger partial charge on any atom is 1.00 e. The fourth-order valence-electron chi connectivity index (χ4n) is 1.82. The van der Waals surface area contributed by atoms with Crippen LogP contribution in [0.1, 0.15) is 52.4 Å². The smallest absolute Gasteiger partial charge is 1.00 e. The zero-order chi connectivity index (χ0) is 14.3. The Kier molecular flexibility index (Phi) is 18.9. The normalized spacial score (nSPS) is 9.35. The molecule has 0 radical (unpaired) electrons. The van der Waals surface area contributed by atoms with Crippen LogP contribution < -0.4 is 29.6 Å². The van der Waals surface area contributed by atoms with E-state index in [1.165, 1.54) is 38.5 Å². The van der Waals surface area contributed by atoms with Crippen LogP contribution in [-0.2, 0) is 6.42 Å². The third-order valence-corrected chi connectivity index (χ3v) is 2.89. The van der Waals surface area contributed by atoms with E-state index in [1.807, 2.05) is 18.2 Å². The number of aryl methyl sites for hydroxylation is 1. The Morgan fingerprint density at radius 2 is 1.45 bits per heavy atom. The molecule has 0 saturated carbocycles. The summed E-state index contributed by atoms with van der Waals surface area (Å²) in [4.78, 5) is 0. The summed E-state index contributed by atoms with van der Waals surface area (Å²) in [7, 11) is 0. The molecule has 4 heteroatoms. The summed E-state index contributed by atoms with van der Waals surface area (Å²) in [6.45, 7) is 1.99. The number of aliphatic hydroxyl groups is 2. The second-order valence-corrected chi connectivity index (χ2v) is 4.59. The zero-order valence-corrected chi connectivity index (χ0v) is 15.0. The van der Waals surface area contributed by atoms with Crippen LogP contribution in [0.2, 0.25) is 0 Å². The van der Waals surface area contributed by atoms with Crippen LogP contribution in [0.25, 0.3) is 0 Å². The Hall–Kier alpha value is -0.0600. The largest absolute Gasteiger partial charge is 1.00 e. The summed E-state index contributed by atoms with van der Waals surface area (Å²) in [5, 5.41) is 24.8. The summed E-state index contributed by atoms with van der Waals surface area (Å²) in [5.74, 6) is 0.450. The van der Waals surface area contributed by atoms with E-state index in [4.69, 9.17) is 10.2 Å². The van der Waals surface area contributed by atoms with E-state index < -0.39 is 0 Å². The van der Waals surface area contributed by atoms with E-state index in [0.717, 1.165) is 12.0 Å². The standard InChI is InChI=1S/C14H22O.C2H6O2.Na.H/c1-2-3-4-5-6-7-10-13-11-8-9-12-14(13)15;3-1-2-4;;/h8-9,11-12,15H,2-7,10H2,1H3;3-4H,1-2H2;;/q;;+1;-1. The van der Waals surface area contributed by atoms with Gasteiger partial charge >= 0.3 is 29.6 Å². The molecule has 112 valence electrons. The van der Waals surface area contributed by atoms with E-state index in [9.17, 15) is 5.11 Å². The van der Waals surface area contributed by atoms with Gasteiger partial charge in [0, 0.05) is 0 Å². The number of hydrogen-bond acceptors (Lipinski definition) is 3. The van der Waals surface area contributed by atoms with E-state index in [2.05, 4.69) is 6.92 Å². The van der Waals surface area contributed by atoms with Gasteiger partial charge in [0.15, 0.2) is 0 Å². The predicted molar refractivity (Wildman–Crippen MR) is 80.5 cm³/mol. The van der Waals surface area contributed by atoms with Gasteiger partial charge in [0.1, 0.15) is 5.75 Å². The first kappa shape index (κ1) is 22.2. The first-order valence-electron chi connectivity index (χ1n) is 7.24. The van der Waals surface area contributed by atoms with Crippen molar-refractivity contribution in [3.8, 4) is 5.75 Å². The van der Waals surface area contributed by atoms with Crippen molar-refractivity contribution < 1.29 is 46.3 Å². The number of rotatable bonds is 8. The zero-order valence-electron chi connectivity index (χ0n) is 14.0. The first-order chi connectivity index (χ1) is 9.26. The predicted octanol–water partition coefficient (Wildman–Crippen LogP) is 0.383. The molecule has 0 spiro atoms. The van der Waals surface area contributed by atoms with Crippen LogP contribution in [0.15, 0.2) is 24.3 Å². The summed E-state index contributed by atoms with van der Waals surface area (Å²) in [6.07, 6.45) is 8.85. The quantitative estimate of drug-likeness (QED) is 0.480. The van der Waals surface area contributed by atoms with Gasteiger partial charge in [0.05, 0.1) is 13.2 Å². The fourth-order valence-corrected chi connectivity index (χ4v) is 1.82. The van der Waals surface area contributed by atoms with Crippen molar-refractivity contribution in [1.29, 1.82) is 0 Å². The van der Waals surface area contributed by atoms with Crippen LogP contribution >= 0.6 is 0 Å². The van der Waals surface area contributed by atoms with Gasteiger partial charge in [-0.1, -0.05) is 57.2 Å². The Labute approximate surface area is 146 Å². The van der Waals surface area contributed by atoms with Crippen LogP contribution in [-0.4, -0.2) is 28.5 Å². The maximum absolute atomic E-state index is 9.55. The molecular weight excluding hydrogens is 263 g/mol. The molecule has 0 aromatic heterocycles. The Bertz CT molecular complexity index is 309. The second kappa shape index (κ2) is 17.0. The Morgan fingerprint density at radius 3 is 2.00 bits per heavy atom. The van der Waals surface area contributed by atoms with Crippen molar-refractivity contribution in [2.75, 3.05) is 13.2 Å². The third kappa shape index (κ3) is 12.9. The average Bonchev–Trinajstić information content (AvgIpc) is 2.45. The number of aromatic hydroxyl groups is 1. The van der Waals surface area contributed by atoms with Gasteiger partial charge in [0.25, 0.3) is 0 Å². The van der Waals surface area contributed by atoms with E-state index in [0.29, 0.717) is 5.75 Å². The summed E-state index contributed by atoms with van der Waals surface area (Å²) in [5.41, 5.74) is 1.09. The van der Waals surface area contributed by atoms with Gasteiger partial charge in [-0.3, -0.25) is 0 Å². The molecule has 3 N–H and O–H groups in total. The number of unbranched alkanes of at least 4 members (excludes halogenated alkanes) is 5. The molecule has 0 unspecified atom stereocenters. The molecule has 20 heavy (non-hydrogen) atoms. The molecule has 0 amide bonds. The molecular formula is C16H29NaO3. The topological polar surface area (TPSA) is 60.7 Å². The van der Waals surface area contributed by atoms with Crippen LogP contribution in [0.4, 0.5) is 0 Å². The number of phenolic OH excluding ortho intramolecular Hbond substituents is 1. The molecule has 0 atom stereocenters. The molecule has 3 nitrogen and oxygen atoms in total. The van der Waals surface area contributed by atoms with Gasteiger partial charge in [-0.15, -0.1) is 0 Å². The number of hydrogen-bond donors (Lipinski definition) is 3. The summed E-state index contributed by atoms with van der Waals surface area (Å²) >= 11 is 0. The molecule has 0 saturated heterocycles. The molecule has 0 bridgehead atoms. The van der Waals surface area contributed by atoms with Crippen LogP contribution in [0.3, 0.4) is 0 Å². The van der Waals surface area contributed by atoms with Crippen molar-refractivity contribution >= 4 is 0 Å². The van der Waals surface area contributed by atoms with Crippen molar-refractivity contribution in [3.63, 3.8) is 0 Å². The molecule has 0 aliphatic carbocycles. The first-order valence-corrected chi connectivity index (χ1v) is 7.24. The average molecular weight is 292 g/mol. The minimum absolute atomic E-state index is 0. The number of benzene rings is 1. The van der Waals surface area contributed by atoms with Gasteiger partial charge in [0.2, 0.25) is 0 Å². The summed E-state index contributed by atoms with van der Waals surface area (Å²) in [6, 6.07) is 7.65. The Balaban J connectivity index is -0.000000482. The van der Waals surface area contributed by atoms with Gasteiger partial charge in [-0.2, -0.15) is 0 Å². The fraction of sp³-hybridized carbons (Fsp3) is 0.625. The molecule has 1 rings (SSSR count). The van der Waals surface area contributed by atoms with E-state index >= 15 is 0 Å². The second-order valence-electron chi connectivity index (χ2n) is 4.59. The van der Waals surface area contributed by atoms with E-state index in [1.54, 1.807) is 6.07 Å². The number of para-hydroxylation sites is 1. The van der Waals surface area contributed by atoms with Crippen molar-refractivity contribution in [1.82, 2.24) is 0 Å². The maximum atomic E-state index is 9.55. The van der Waals surface area contributed by atoms with Gasteiger partial charge in [-0.05, 0) is 24.5 Å². The van der Waals surface area contributed by atoms with Crippen molar-refractivity contribution in [3.05, 3.63) is 29.8 Å². The van der Waals surface area contributed by atoms with Gasteiger partial charge in [-0.25, -0.2) is 0 Å². The number of phenols is 1. The third-order valence-electron chi connectivity index (χ3n) is 2.89. The van der Waals surface area contributed by atoms with Crippen LogP contribution in [0, 0.1) is 0 Å². The molecule has 1 aromatic carbocycles. The monoisotopic (exact) mass is 292 g/mol. The minimum atomic E-state index is -0.125. The molecule has 0 aliphatic rings. The number of aliphatic hydroxyl groups excluding tert-OH is 2. The molecule has 0 heterocycles. The molecule has 0 fully saturated rings. The molecule has 0 aliphatic heterocycles. The van der Waals surface area contributed by atoms with Crippen molar-refractivity contribution in [2.45, 2.75) is 51.9 Å². The SMILES string of the molecule is CCCCCCCCc1ccccc1O.OCCO.[H-].[Na+]. The van der Waals surface area contributed by atoms with Crippen LogP contribution in [0.5, 0.6) is 5.75 Å². The van der Waals surface area contributed by atoms with E-state index in [-0.39, 0.29) is 44.2 Å². The van der Waals surface area contributed by atoms with Gasteiger partial charge < -0.3 is 16.7 Å². The summed E-state index contributed by atoms with van der Waals surface area (Å²) < 4.78 is 0. The van der Waals surface area contributed by atoms with Crippen molar-refractivity contribution in [2.24, 2.45) is 0 Å². The Morgan fingerprint density at radius 1 is 0.900 bits per heavy atom. The minimum Gasteiger partial charge on any atom is -1.00 e. The molecule has 1 aromatic rings.